The van der Waals surface area contributed by atoms with E-state index in [-0.39, 0.29) is 11.9 Å². The van der Waals surface area contributed by atoms with Gasteiger partial charge < -0.3 is 4.74 Å². The molecule has 0 spiro atoms. The first kappa shape index (κ1) is 16.7. The number of rotatable bonds is 4. The fraction of sp³-hybridized carbons (Fsp3) is 0.263. The summed E-state index contributed by atoms with van der Waals surface area (Å²) in [5.74, 6) is 0.738. The maximum atomic E-state index is 12.1. The van der Waals surface area contributed by atoms with Crippen molar-refractivity contribution in [2.24, 2.45) is 5.10 Å². The maximum Gasteiger partial charge on any atom is 0.240 e. The topological polar surface area (TPSA) is 41.9 Å². The van der Waals surface area contributed by atoms with E-state index in [2.05, 4.69) is 21.0 Å². The molecule has 0 saturated carbocycles. The second kappa shape index (κ2) is 7.18. The summed E-state index contributed by atoms with van der Waals surface area (Å²) in [6.45, 7) is 4.09. The molecule has 0 aromatic heterocycles. The van der Waals surface area contributed by atoms with Crippen LogP contribution < -0.4 is 4.74 Å². The molecule has 0 fully saturated rings. The molecule has 0 saturated heterocycles. The van der Waals surface area contributed by atoms with Gasteiger partial charge in [0.15, 0.2) is 0 Å². The Kier molecular flexibility index (Phi) is 5.00. The van der Waals surface area contributed by atoms with Crippen LogP contribution in [0.5, 0.6) is 5.75 Å². The van der Waals surface area contributed by atoms with Crippen LogP contribution in [-0.4, -0.2) is 23.2 Å². The summed E-state index contributed by atoms with van der Waals surface area (Å²) in [6, 6.07) is 15.7. The number of hydrazone groups is 1. The Balaban J connectivity index is 1.95. The highest BCUT2D eigenvalue weighted by Gasteiger charge is 2.33. The molecule has 0 unspecified atom stereocenters. The van der Waals surface area contributed by atoms with E-state index in [0.29, 0.717) is 13.0 Å². The van der Waals surface area contributed by atoms with Crippen LogP contribution in [-0.2, 0) is 4.79 Å². The Morgan fingerprint density at radius 1 is 1.25 bits per heavy atom. The molecule has 0 bridgehead atoms. The smallest absolute Gasteiger partial charge is 0.240 e. The first-order valence-corrected chi connectivity index (χ1v) is 8.74. The molecule has 1 amide bonds. The third-order valence-corrected chi connectivity index (χ3v) is 4.52. The van der Waals surface area contributed by atoms with Crippen molar-refractivity contribution in [2.75, 3.05) is 6.61 Å². The summed E-state index contributed by atoms with van der Waals surface area (Å²) in [7, 11) is 0. The van der Waals surface area contributed by atoms with Crippen LogP contribution in [0.1, 0.15) is 37.4 Å². The van der Waals surface area contributed by atoms with E-state index in [0.717, 1.165) is 27.1 Å². The molecule has 2 aromatic carbocycles. The number of carbonyl (C=O) groups excluding carboxylic acids is 1. The lowest BCUT2D eigenvalue weighted by atomic mass is 9.97. The van der Waals surface area contributed by atoms with E-state index in [9.17, 15) is 4.79 Å². The van der Waals surface area contributed by atoms with Crippen molar-refractivity contribution < 1.29 is 9.53 Å². The fourth-order valence-electron chi connectivity index (χ4n) is 2.90. The molecule has 3 rings (SSSR count). The highest BCUT2D eigenvalue weighted by molar-refractivity contribution is 9.10. The summed E-state index contributed by atoms with van der Waals surface area (Å²) in [5, 5.41) is 6.14. The SMILES string of the molecule is CCOc1ccccc1[C@@H]1CC(c2ccc(Br)cc2)=NN1C(C)=O. The van der Waals surface area contributed by atoms with Gasteiger partial charge in [-0.15, -0.1) is 0 Å². The van der Waals surface area contributed by atoms with Crippen molar-refractivity contribution >= 4 is 27.5 Å². The molecule has 0 aliphatic carbocycles. The summed E-state index contributed by atoms with van der Waals surface area (Å²) < 4.78 is 6.76. The van der Waals surface area contributed by atoms with E-state index in [4.69, 9.17) is 4.74 Å². The molecule has 4 nitrogen and oxygen atoms in total. The quantitative estimate of drug-likeness (QED) is 0.773. The summed E-state index contributed by atoms with van der Waals surface area (Å²) in [5.41, 5.74) is 2.93. The molecule has 1 atom stereocenters. The van der Waals surface area contributed by atoms with Crippen LogP contribution in [0.4, 0.5) is 0 Å². The third kappa shape index (κ3) is 3.36. The molecule has 2 aromatic rings. The van der Waals surface area contributed by atoms with Crippen LogP contribution in [0.3, 0.4) is 0 Å². The normalized spacial score (nSPS) is 16.9. The van der Waals surface area contributed by atoms with E-state index in [1.165, 1.54) is 0 Å². The molecule has 5 heteroatoms. The zero-order valence-corrected chi connectivity index (χ0v) is 15.3. The molecule has 0 N–H and O–H groups in total. The van der Waals surface area contributed by atoms with Gasteiger partial charge in [0, 0.05) is 23.4 Å². The predicted molar refractivity (Wildman–Crippen MR) is 98.2 cm³/mol. The van der Waals surface area contributed by atoms with Gasteiger partial charge in [0.25, 0.3) is 0 Å². The predicted octanol–water partition coefficient (Wildman–Crippen LogP) is 4.55. The van der Waals surface area contributed by atoms with Crippen LogP contribution in [0, 0.1) is 0 Å². The van der Waals surface area contributed by atoms with E-state index >= 15 is 0 Å². The number of halogens is 1. The molecule has 1 heterocycles. The molecule has 124 valence electrons. The van der Waals surface area contributed by atoms with Crippen LogP contribution >= 0.6 is 15.9 Å². The Morgan fingerprint density at radius 3 is 2.62 bits per heavy atom. The average molecular weight is 387 g/mol. The highest BCUT2D eigenvalue weighted by atomic mass is 79.9. The number of hydrogen-bond donors (Lipinski definition) is 0. The second-order valence-electron chi connectivity index (χ2n) is 5.61. The maximum absolute atomic E-state index is 12.1. The van der Waals surface area contributed by atoms with Gasteiger partial charge in [-0.2, -0.15) is 5.10 Å². The fourth-order valence-corrected chi connectivity index (χ4v) is 3.17. The number of hydrogen-bond acceptors (Lipinski definition) is 3. The van der Waals surface area contributed by atoms with Crippen molar-refractivity contribution in [1.82, 2.24) is 5.01 Å². The van der Waals surface area contributed by atoms with Crippen LogP contribution in [0.15, 0.2) is 58.1 Å². The number of para-hydroxylation sites is 1. The Bertz CT molecular complexity index is 771. The first-order valence-electron chi connectivity index (χ1n) is 7.95. The molecule has 0 radical (unpaired) electrons. The van der Waals surface area contributed by atoms with Gasteiger partial charge in [0.05, 0.1) is 18.4 Å². The highest BCUT2D eigenvalue weighted by Crippen LogP contribution is 2.37. The van der Waals surface area contributed by atoms with Gasteiger partial charge in [-0.3, -0.25) is 4.79 Å². The van der Waals surface area contributed by atoms with Crippen molar-refractivity contribution in [2.45, 2.75) is 26.3 Å². The number of ether oxygens (including phenoxy) is 1. The standard InChI is InChI=1S/C19H19BrN2O2/c1-3-24-19-7-5-4-6-16(19)18-12-17(21-22(18)13(2)23)14-8-10-15(20)11-9-14/h4-11,18H,3,12H2,1-2H3/t18-/m0/s1. The van der Waals surface area contributed by atoms with Gasteiger partial charge in [0.1, 0.15) is 5.75 Å². The van der Waals surface area contributed by atoms with Crippen molar-refractivity contribution in [3.8, 4) is 5.75 Å². The average Bonchev–Trinajstić information content (AvgIpc) is 3.02. The van der Waals surface area contributed by atoms with Gasteiger partial charge >= 0.3 is 0 Å². The third-order valence-electron chi connectivity index (χ3n) is 3.99. The van der Waals surface area contributed by atoms with Crippen molar-refractivity contribution in [3.63, 3.8) is 0 Å². The summed E-state index contributed by atoms with van der Waals surface area (Å²) in [6.07, 6.45) is 0.672. The molecule has 1 aliphatic heterocycles. The number of amides is 1. The van der Waals surface area contributed by atoms with Gasteiger partial charge in [0.2, 0.25) is 5.91 Å². The van der Waals surface area contributed by atoms with Gasteiger partial charge in [-0.25, -0.2) is 5.01 Å². The Labute approximate surface area is 150 Å². The zero-order valence-electron chi connectivity index (χ0n) is 13.7. The minimum absolute atomic E-state index is 0.0709. The molecule has 24 heavy (non-hydrogen) atoms. The molecular formula is C19H19BrN2O2. The lowest BCUT2D eigenvalue weighted by molar-refractivity contribution is -0.130. The minimum Gasteiger partial charge on any atom is -0.494 e. The second-order valence-corrected chi connectivity index (χ2v) is 6.52. The van der Waals surface area contributed by atoms with Gasteiger partial charge in [-0.05, 0) is 30.7 Å². The van der Waals surface area contributed by atoms with Crippen LogP contribution in [0.25, 0.3) is 0 Å². The van der Waals surface area contributed by atoms with E-state index in [1.54, 1.807) is 11.9 Å². The largest absolute Gasteiger partial charge is 0.494 e. The monoisotopic (exact) mass is 386 g/mol. The van der Waals surface area contributed by atoms with E-state index < -0.39 is 0 Å². The Morgan fingerprint density at radius 2 is 1.96 bits per heavy atom. The van der Waals surface area contributed by atoms with Crippen LogP contribution in [0.2, 0.25) is 0 Å². The minimum atomic E-state index is -0.135. The summed E-state index contributed by atoms with van der Waals surface area (Å²) in [4.78, 5) is 12.1. The van der Waals surface area contributed by atoms with Crippen molar-refractivity contribution in [3.05, 3.63) is 64.1 Å². The zero-order chi connectivity index (χ0) is 17.1. The number of carbonyl (C=O) groups is 1. The Hall–Kier alpha value is -2.14. The summed E-state index contributed by atoms with van der Waals surface area (Å²) >= 11 is 3.44. The molecule has 1 aliphatic rings. The number of nitrogens with zero attached hydrogens (tertiary/aromatic N) is 2. The lowest BCUT2D eigenvalue weighted by Gasteiger charge is -2.22. The lowest BCUT2D eigenvalue weighted by Crippen LogP contribution is -2.24. The number of benzene rings is 2. The van der Waals surface area contributed by atoms with E-state index in [1.807, 2.05) is 55.5 Å². The molecular weight excluding hydrogens is 368 g/mol. The van der Waals surface area contributed by atoms with Gasteiger partial charge in [-0.1, -0.05) is 46.3 Å². The van der Waals surface area contributed by atoms with Crippen molar-refractivity contribution in [1.29, 1.82) is 0 Å². The first-order chi connectivity index (χ1) is 11.6.